The van der Waals surface area contributed by atoms with Crippen LogP contribution in [0.2, 0.25) is 0 Å². The molecule has 4 nitrogen and oxygen atoms in total. The Balaban J connectivity index is 0.00000924. The molecule has 0 fully saturated rings. The number of pyridine rings is 1. The first-order chi connectivity index (χ1) is 36.4. The van der Waals surface area contributed by atoms with Crippen molar-refractivity contribution in [2.45, 2.75) is 118 Å². The van der Waals surface area contributed by atoms with E-state index in [1.165, 1.54) is 6.07 Å². The Kier molecular flexibility index (Phi) is 8.69. The minimum Gasteiger partial charge on any atom is -0.507 e. The molecule has 8 aromatic rings. The van der Waals surface area contributed by atoms with Crippen LogP contribution < -0.4 is 0 Å². The maximum Gasteiger partial charge on any atom is 0.148 e. The number of benzene rings is 6. The van der Waals surface area contributed by atoms with Gasteiger partial charge in [0.25, 0.3) is 0 Å². The predicted molar refractivity (Wildman–Crippen MR) is 271 cm³/mol. The number of aromatic hydroxyl groups is 1. The standard InChI is InChI=1S/C60H64N3O.Pt/c1-37(2)42-33-49(38(3)4)56(64)51(34-42)57-62-55-48(20-17-21-54(55)63(57)53-27-26-46(59(8,9)10)36-50(53)40-18-15-14-16-19-40)43-30-44(32-47(31-43)60(11,12)13)52-35-41(28-29-61-52)39-22-24-45(25-23-39)58(5,6)7;/h14-29,31-38,64H,1-13H3;/q-1;/i5D3,6D3,7D3,22D,23D,24D,25D,28D,29D;. The van der Waals surface area contributed by atoms with E-state index in [0.29, 0.717) is 39.1 Å². The first kappa shape index (κ1) is 31.4. The summed E-state index contributed by atoms with van der Waals surface area (Å²) in [6.45, 7) is 9.20. The fraction of sp³-hybridized carbons (Fsp3) is 0.300. The van der Waals surface area contributed by atoms with Crippen LogP contribution in [0.15, 0.2) is 133 Å². The average molecular weight is 1050 g/mol. The first-order valence-corrected chi connectivity index (χ1v) is 21.7. The van der Waals surface area contributed by atoms with Crippen molar-refractivity contribution in [1.29, 1.82) is 0 Å². The SMILES string of the molecule is [2H]c1nc(-c2[c-]c(-c3cccc4c3nc(-c3cc(C(C)C)cc(C(C)C)c3O)n4-c3ccc(C(C)(C)C)cc3-c3ccccc3)cc(C(C)(C)C)c2)cc(-c2c([2H])c([2H])c(C(C([2H])([2H])[2H])(C([2H])([2H])[2H])C([2H])([2H])[2H])c([2H])c2[2H])c1[2H].[Pt]. The summed E-state index contributed by atoms with van der Waals surface area (Å²) >= 11 is 0. The van der Waals surface area contributed by atoms with E-state index < -0.39 is 78.9 Å². The molecule has 0 unspecified atom stereocenters. The Morgan fingerprint density at radius 2 is 1.31 bits per heavy atom. The van der Waals surface area contributed by atoms with Crippen LogP contribution in [0.25, 0.3) is 72.7 Å². The van der Waals surface area contributed by atoms with E-state index in [0.717, 1.165) is 39.1 Å². The molecule has 5 heteroatoms. The van der Waals surface area contributed by atoms with E-state index in [1.54, 1.807) is 0 Å². The van der Waals surface area contributed by atoms with Gasteiger partial charge in [0.15, 0.2) is 0 Å². The number of rotatable bonds is 8. The maximum absolute atomic E-state index is 12.4. The van der Waals surface area contributed by atoms with Crippen LogP contribution in [0.5, 0.6) is 5.75 Å². The molecule has 0 amide bonds. The number of hydrogen-bond acceptors (Lipinski definition) is 3. The molecule has 0 aliphatic carbocycles. The summed E-state index contributed by atoms with van der Waals surface area (Å²) in [5, 5.41) is 12.4. The van der Waals surface area contributed by atoms with Gasteiger partial charge >= 0.3 is 0 Å². The van der Waals surface area contributed by atoms with Gasteiger partial charge in [-0.05, 0) is 97.3 Å². The monoisotopic (exact) mass is 1050 g/mol. The third-order valence-electron chi connectivity index (χ3n) is 11.8. The van der Waals surface area contributed by atoms with E-state index >= 15 is 0 Å². The van der Waals surface area contributed by atoms with Crippen molar-refractivity contribution in [2.24, 2.45) is 0 Å². The Morgan fingerprint density at radius 1 is 0.615 bits per heavy atom. The van der Waals surface area contributed by atoms with Gasteiger partial charge in [0, 0.05) is 50.8 Å². The van der Waals surface area contributed by atoms with Gasteiger partial charge in [0.1, 0.15) is 11.6 Å². The van der Waals surface area contributed by atoms with Crippen LogP contribution >= 0.6 is 0 Å². The van der Waals surface area contributed by atoms with E-state index in [2.05, 4.69) is 86.6 Å². The van der Waals surface area contributed by atoms with E-state index in [9.17, 15) is 5.11 Å². The second-order valence-electron chi connectivity index (χ2n) is 19.3. The Hall–Kier alpha value is -5.57. The minimum atomic E-state index is -3.88. The second-order valence-corrected chi connectivity index (χ2v) is 19.3. The molecule has 0 spiro atoms. The molecule has 8 rings (SSSR count). The van der Waals surface area contributed by atoms with Gasteiger partial charge in [0.05, 0.1) is 30.5 Å². The summed E-state index contributed by atoms with van der Waals surface area (Å²) in [5.74, 6) is 0.688. The van der Waals surface area contributed by atoms with Crippen LogP contribution in [0, 0.1) is 6.07 Å². The zero-order chi connectivity index (χ0) is 58.6. The smallest absolute Gasteiger partial charge is 0.148 e. The Bertz CT molecular complexity index is 3630. The minimum absolute atomic E-state index is 0. The van der Waals surface area contributed by atoms with E-state index in [1.807, 2.05) is 89.2 Å². The van der Waals surface area contributed by atoms with Crippen LogP contribution in [0.4, 0.5) is 0 Å². The van der Waals surface area contributed by atoms with Crippen LogP contribution in [0.1, 0.15) is 150 Å². The normalized spacial score (nSPS) is 16.2. The van der Waals surface area contributed by atoms with Gasteiger partial charge in [-0.25, -0.2) is 4.98 Å². The zero-order valence-electron chi connectivity index (χ0n) is 53.5. The van der Waals surface area contributed by atoms with Gasteiger partial charge in [-0.3, -0.25) is 9.55 Å². The topological polar surface area (TPSA) is 50.9 Å². The number of para-hydroxylation sites is 1. The van der Waals surface area contributed by atoms with Crippen molar-refractivity contribution in [3.63, 3.8) is 0 Å². The summed E-state index contributed by atoms with van der Waals surface area (Å²) in [6.07, 6.45) is -0.632. The fourth-order valence-corrected chi connectivity index (χ4v) is 7.96. The van der Waals surface area contributed by atoms with Gasteiger partial charge in [-0.15, -0.1) is 29.3 Å². The largest absolute Gasteiger partial charge is 0.507 e. The van der Waals surface area contributed by atoms with E-state index in [-0.39, 0.29) is 55.3 Å². The van der Waals surface area contributed by atoms with E-state index in [4.69, 9.17) is 25.5 Å². The molecule has 0 aliphatic heterocycles. The third-order valence-corrected chi connectivity index (χ3v) is 11.8. The fourth-order valence-electron chi connectivity index (χ4n) is 7.96. The van der Waals surface area contributed by atoms with Crippen LogP contribution in [-0.2, 0) is 37.3 Å². The number of aromatic nitrogens is 3. The summed E-state index contributed by atoms with van der Waals surface area (Å²) in [6, 6.07) is 29.9. The molecule has 0 atom stereocenters. The van der Waals surface area contributed by atoms with Gasteiger partial charge in [-0.2, -0.15) is 0 Å². The molecule has 2 heterocycles. The van der Waals surface area contributed by atoms with Crippen molar-refractivity contribution in [3.8, 4) is 67.5 Å². The molecular weight excluding hydrogens is 974 g/mol. The van der Waals surface area contributed by atoms with Crippen molar-refractivity contribution in [2.75, 3.05) is 0 Å². The quantitative estimate of drug-likeness (QED) is 0.154. The molecule has 0 saturated heterocycles. The molecule has 0 saturated carbocycles. The van der Waals surface area contributed by atoms with Crippen molar-refractivity contribution >= 4 is 11.0 Å². The molecule has 6 aromatic carbocycles. The maximum atomic E-state index is 12.4. The number of phenolic OH excluding ortho intramolecular Hbond substituents is 1. The van der Waals surface area contributed by atoms with Crippen molar-refractivity contribution in [1.82, 2.24) is 14.5 Å². The molecule has 0 aliphatic rings. The Labute approximate surface area is 423 Å². The molecule has 336 valence electrons. The summed E-state index contributed by atoms with van der Waals surface area (Å²) < 4.78 is 131. The molecule has 65 heavy (non-hydrogen) atoms. The first-order valence-electron chi connectivity index (χ1n) is 29.2. The molecule has 0 bridgehead atoms. The van der Waals surface area contributed by atoms with Gasteiger partial charge < -0.3 is 5.11 Å². The average Bonchev–Trinajstić information content (AvgIpc) is 3.73. The molecule has 2 aromatic heterocycles. The van der Waals surface area contributed by atoms with Crippen molar-refractivity contribution < 1.29 is 46.7 Å². The summed E-state index contributed by atoms with van der Waals surface area (Å²) in [7, 11) is 0. The third kappa shape index (κ3) is 9.57. The predicted octanol–water partition coefficient (Wildman–Crippen LogP) is 16.4. The summed E-state index contributed by atoms with van der Waals surface area (Å²) in [4.78, 5) is 10.00. The van der Waals surface area contributed by atoms with Crippen LogP contribution in [0.3, 0.4) is 0 Å². The number of imidazole rings is 1. The molecule has 0 radical (unpaired) electrons. The second kappa shape index (κ2) is 18.0. The van der Waals surface area contributed by atoms with Crippen molar-refractivity contribution in [3.05, 3.63) is 167 Å². The number of nitrogens with zero attached hydrogens (tertiary/aromatic N) is 3. The molecule has 1 N–H and O–H groups in total. The molecular formula is C60H64N3OPt-. The number of hydrogen-bond donors (Lipinski definition) is 1. The van der Waals surface area contributed by atoms with Gasteiger partial charge in [0.2, 0.25) is 0 Å². The van der Waals surface area contributed by atoms with Gasteiger partial charge in [-0.1, -0.05) is 186 Å². The summed E-state index contributed by atoms with van der Waals surface area (Å²) in [5.41, 5.74) is 2.94. The van der Waals surface area contributed by atoms with Crippen LogP contribution in [-0.4, -0.2) is 19.6 Å². The Morgan fingerprint density at radius 3 is 1.95 bits per heavy atom. The number of fused-ring (bicyclic) bond motifs is 1. The number of phenols is 1. The zero-order valence-corrected chi connectivity index (χ0v) is 40.8.